The summed E-state index contributed by atoms with van der Waals surface area (Å²) in [6, 6.07) is 23.1. The normalized spacial score (nSPS) is 10.6. The van der Waals surface area contributed by atoms with Gasteiger partial charge in [0.05, 0.1) is 50.6 Å². The maximum atomic E-state index is 13.3. The van der Waals surface area contributed by atoms with Crippen molar-refractivity contribution in [3.63, 3.8) is 0 Å². The molecule has 282 valence electrons. The minimum Gasteiger partial charge on any atom is -0.383 e. The number of methoxy groups -OCH3 is 3. The van der Waals surface area contributed by atoms with Crippen molar-refractivity contribution < 1.29 is 28.6 Å². The van der Waals surface area contributed by atoms with Gasteiger partial charge in [0, 0.05) is 51.7 Å². The van der Waals surface area contributed by atoms with Crippen LogP contribution >= 0.6 is 11.6 Å². The van der Waals surface area contributed by atoms with E-state index >= 15 is 0 Å². The van der Waals surface area contributed by atoms with Crippen LogP contribution in [0.15, 0.2) is 104 Å². The van der Waals surface area contributed by atoms with Gasteiger partial charge in [0.25, 0.3) is 17.7 Å². The zero-order valence-electron chi connectivity index (χ0n) is 31.0. The van der Waals surface area contributed by atoms with Crippen molar-refractivity contribution in [2.45, 2.75) is 13.8 Å². The largest absolute Gasteiger partial charge is 0.383 e. The number of amides is 3. The molecule has 0 spiro atoms. The van der Waals surface area contributed by atoms with E-state index in [1.54, 1.807) is 92.1 Å². The Morgan fingerprint density at radius 3 is 1.61 bits per heavy atom. The van der Waals surface area contributed by atoms with E-state index in [9.17, 15) is 14.4 Å². The van der Waals surface area contributed by atoms with Crippen LogP contribution in [0.5, 0.6) is 0 Å². The highest BCUT2D eigenvalue weighted by Gasteiger charge is 2.25. The number of benzene rings is 1. The second kappa shape index (κ2) is 21.2. The van der Waals surface area contributed by atoms with Crippen LogP contribution in [-0.4, -0.2) is 98.4 Å². The molecule has 4 heterocycles. The van der Waals surface area contributed by atoms with Crippen molar-refractivity contribution in [2.75, 3.05) is 75.5 Å². The number of pyridine rings is 4. The van der Waals surface area contributed by atoms with Gasteiger partial charge < -0.3 is 14.2 Å². The molecule has 13 nitrogen and oxygen atoms in total. The average molecular weight is 754 g/mol. The summed E-state index contributed by atoms with van der Waals surface area (Å²) in [6.07, 6.45) is 6.24. The number of hydrogen-bond donors (Lipinski definition) is 0. The van der Waals surface area contributed by atoms with Gasteiger partial charge >= 0.3 is 0 Å². The van der Waals surface area contributed by atoms with Crippen molar-refractivity contribution in [3.8, 4) is 0 Å². The molecular weight excluding hydrogens is 710 g/mol. The highest BCUT2D eigenvalue weighted by Crippen LogP contribution is 2.25. The second-order valence-electron chi connectivity index (χ2n) is 11.8. The maximum Gasteiger partial charge on any atom is 0.261 e. The van der Waals surface area contributed by atoms with Gasteiger partial charge in [-0.05, 0) is 79.6 Å². The van der Waals surface area contributed by atoms with Crippen LogP contribution in [-0.2, 0) is 14.2 Å². The van der Waals surface area contributed by atoms with Crippen LogP contribution in [0.3, 0.4) is 0 Å². The first-order valence-corrected chi connectivity index (χ1v) is 17.5. The number of carbonyl (C=O) groups is 3. The van der Waals surface area contributed by atoms with Crippen molar-refractivity contribution in [1.82, 2.24) is 19.9 Å². The SMILES string of the molecule is COCCN(C(=O)c1ccccc1)c1cc(C)cc(Cl)n1.COCCN(C(=O)c1cccnc1)c1ccc(C)c(N(CCOC)C(=O)c2cccnc2)n1. The molecule has 14 heteroatoms. The molecule has 0 aliphatic carbocycles. The van der Waals surface area contributed by atoms with E-state index in [0.29, 0.717) is 65.7 Å². The molecule has 0 fully saturated rings. The van der Waals surface area contributed by atoms with Gasteiger partial charge in [0.1, 0.15) is 22.6 Å². The molecule has 0 saturated heterocycles. The minimum absolute atomic E-state index is 0.123. The topological polar surface area (TPSA) is 140 Å². The second-order valence-corrected chi connectivity index (χ2v) is 12.2. The molecule has 54 heavy (non-hydrogen) atoms. The number of halogens is 1. The number of hydrogen-bond acceptors (Lipinski definition) is 10. The van der Waals surface area contributed by atoms with E-state index in [2.05, 4.69) is 15.0 Å². The molecule has 0 N–H and O–H groups in total. The fraction of sp³-hybridized carbons (Fsp3) is 0.275. The van der Waals surface area contributed by atoms with Gasteiger partial charge in [0.15, 0.2) is 0 Å². The predicted molar refractivity (Wildman–Crippen MR) is 209 cm³/mol. The minimum atomic E-state index is -0.260. The fourth-order valence-corrected chi connectivity index (χ4v) is 5.45. The molecule has 0 bridgehead atoms. The van der Waals surface area contributed by atoms with Crippen LogP contribution in [0.2, 0.25) is 5.15 Å². The summed E-state index contributed by atoms with van der Waals surface area (Å²) < 4.78 is 15.5. The third-order valence-corrected chi connectivity index (χ3v) is 8.11. The smallest absolute Gasteiger partial charge is 0.261 e. The van der Waals surface area contributed by atoms with E-state index in [4.69, 9.17) is 30.8 Å². The first-order chi connectivity index (χ1) is 26.2. The average Bonchev–Trinajstić information content (AvgIpc) is 3.20. The van der Waals surface area contributed by atoms with Crippen molar-refractivity contribution in [3.05, 3.63) is 137 Å². The van der Waals surface area contributed by atoms with E-state index in [1.165, 1.54) is 17.3 Å². The number of ether oxygens (including phenoxy) is 3. The predicted octanol–water partition coefficient (Wildman–Crippen LogP) is 6.10. The van der Waals surface area contributed by atoms with E-state index in [1.807, 2.05) is 44.2 Å². The summed E-state index contributed by atoms with van der Waals surface area (Å²) in [6.45, 7) is 5.83. The van der Waals surface area contributed by atoms with E-state index < -0.39 is 0 Å². The van der Waals surface area contributed by atoms with Crippen molar-refractivity contribution >= 4 is 46.8 Å². The number of anilines is 3. The van der Waals surface area contributed by atoms with Crippen LogP contribution in [0.25, 0.3) is 0 Å². The molecule has 5 aromatic rings. The molecule has 4 aromatic heterocycles. The Morgan fingerprint density at radius 2 is 1.09 bits per heavy atom. The Labute approximate surface area is 320 Å². The van der Waals surface area contributed by atoms with Crippen LogP contribution < -0.4 is 14.7 Å². The van der Waals surface area contributed by atoms with Gasteiger partial charge in [0.2, 0.25) is 0 Å². The summed E-state index contributed by atoms with van der Waals surface area (Å²) in [5, 5.41) is 0.369. The Kier molecular flexibility index (Phi) is 16.2. The summed E-state index contributed by atoms with van der Waals surface area (Å²) in [5.74, 6) is 0.745. The molecule has 0 atom stereocenters. The van der Waals surface area contributed by atoms with Crippen molar-refractivity contribution in [1.29, 1.82) is 0 Å². The highest BCUT2D eigenvalue weighted by molar-refractivity contribution is 6.29. The molecule has 1 aromatic carbocycles. The Balaban J connectivity index is 0.000000266. The van der Waals surface area contributed by atoms with Crippen molar-refractivity contribution in [2.24, 2.45) is 0 Å². The zero-order chi connectivity index (χ0) is 38.9. The lowest BCUT2D eigenvalue weighted by molar-refractivity contribution is 0.0966. The monoisotopic (exact) mass is 753 g/mol. The first-order valence-electron chi connectivity index (χ1n) is 17.1. The Hall–Kier alpha value is -5.60. The van der Waals surface area contributed by atoms with Crippen LogP contribution in [0, 0.1) is 13.8 Å². The third kappa shape index (κ3) is 11.4. The lowest BCUT2D eigenvalue weighted by Gasteiger charge is -2.26. The summed E-state index contributed by atoms with van der Waals surface area (Å²) >= 11 is 6.00. The molecule has 5 rings (SSSR count). The van der Waals surface area contributed by atoms with Gasteiger partial charge in [-0.25, -0.2) is 9.97 Å². The molecule has 0 aliphatic rings. The van der Waals surface area contributed by atoms with E-state index in [0.717, 1.165) is 11.1 Å². The van der Waals surface area contributed by atoms with E-state index in [-0.39, 0.29) is 30.8 Å². The van der Waals surface area contributed by atoms with Crippen LogP contribution in [0.1, 0.15) is 42.2 Å². The standard InChI is InChI=1S/C24H27N5O4.C16H17ClN2O2/c1-18-8-9-21(28(12-14-32-2)23(30)19-6-4-10-25-16-19)27-22(18)29(13-15-33-3)24(31)20-7-5-11-26-17-20;1-12-10-14(17)18-15(11-12)19(8-9-21-2)16(20)13-6-4-3-5-7-13/h4-11,16-17H,12-15H2,1-3H3;3-7,10-11H,8-9H2,1-2H3. The fourth-order valence-electron chi connectivity index (χ4n) is 5.20. The van der Waals surface area contributed by atoms with Crippen LogP contribution in [0.4, 0.5) is 17.5 Å². The lowest BCUT2D eigenvalue weighted by atomic mass is 10.2. The van der Waals surface area contributed by atoms with Gasteiger partial charge in [-0.1, -0.05) is 35.9 Å². The first kappa shape index (κ1) is 41.2. The number of carbonyl (C=O) groups excluding carboxylic acids is 3. The third-order valence-electron chi connectivity index (χ3n) is 7.92. The molecule has 3 amide bonds. The summed E-state index contributed by atoms with van der Waals surface area (Å²) in [5.41, 5.74) is 3.21. The lowest BCUT2D eigenvalue weighted by Crippen LogP contribution is -2.37. The number of aryl methyl sites for hydroxylation is 2. The Bertz CT molecular complexity index is 1940. The quantitative estimate of drug-likeness (QED) is 0.115. The molecule has 0 unspecified atom stereocenters. The summed E-state index contributed by atoms with van der Waals surface area (Å²) in [4.78, 5) is 60.9. The number of aromatic nitrogens is 4. The maximum absolute atomic E-state index is 13.3. The summed E-state index contributed by atoms with van der Waals surface area (Å²) in [7, 11) is 4.74. The molecule has 0 saturated carbocycles. The zero-order valence-corrected chi connectivity index (χ0v) is 31.8. The number of rotatable bonds is 15. The van der Waals surface area contributed by atoms with Gasteiger partial charge in [-0.3, -0.25) is 39.1 Å². The van der Waals surface area contributed by atoms with Gasteiger partial charge in [-0.15, -0.1) is 0 Å². The Morgan fingerprint density at radius 1 is 0.593 bits per heavy atom. The highest BCUT2D eigenvalue weighted by atomic mass is 35.5. The molecule has 0 radical (unpaired) electrons. The number of nitrogens with zero attached hydrogens (tertiary/aromatic N) is 7. The molecular formula is C40H44ClN7O6. The molecule has 0 aliphatic heterocycles. The van der Waals surface area contributed by atoms with Gasteiger partial charge in [-0.2, -0.15) is 0 Å².